The molecule has 180 valence electrons. The Balaban J connectivity index is 1.46. The van der Waals surface area contributed by atoms with Gasteiger partial charge in [0.25, 0.3) is 0 Å². The molecule has 1 heterocycles. The molecule has 0 unspecified atom stereocenters. The third-order valence-electron chi connectivity index (χ3n) is 5.08. The van der Waals surface area contributed by atoms with Crippen molar-refractivity contribution < 1.29 is 33.3 Å². The quantitative estimate of drug-likeness (QED) is 0.256. The van der Waals surface area contributed by atoms with Crippen LogP contribution < -0.4 is 9.47 Å². The van der Waals surface area contributed by atoms with Crippen LogP contribution in [0.15, 0.2) is 77.7 Å². The van der Waals surface area contributed by atoms with Gasteiger partial charge in [-0.15, -0.1) is 11.8 Å². The summed E-state index contributed by atoms with van der Waals surface area (Å²) in [6.45, 7) is -0.734. The third-order valence-corrected chi connectivity index (χ3v) is 6.95. The van der Waals surface area contributed by atoms with E-state index < -0.39 is 17.7 Å². The van der Waals surface area contributed by atoms with Crippen LogP contribution in [-0.4, -0.2) is 37.1 Å². The van der Waals surface area contributed by atoms with Crippen LogP contribution in [0, 0.1) is 5.41 Å². The largest absolute Gasteiger partial charge is 0.513 e. The maximum atomic E-state index is 13.4. The first kappa shape index (κ1) is 24.9. The van der Waals surface area contributed by atoms with Gasteiger partial charge in [0.1, 0.15) is 30.1 Å². The lowest BCUT2D eigenvalue weighted by molar-refractivity contribution is 0.0153. The van der Waals surface area contributed by atoms with E-state index in [0.29, 0.717) is 15.6 Å². The first-order chi connectivity index (χ1) is 16.8. The number of hydrogen-bond acceptors (Lipinski definition) is 8. The van der Waals surface area contributed by atoms with Crippen LogP contribution in [0.2, 0.25) is 10.0 Å². The molecule has 0 saturated heterocycles. The van der Waals surface area contributed by atoms with Crippen molar-refractivity contribution in [3.8, 4) is 11.5 Å². The molecule has 4 rings (SSSR count). The highest BCUT2D eigenvalue weighted by Crippen LogP contribution is 2.40. The number of halogens is 2. The summed E-state index contributed by atoms with van der Waals surface area (Å²) >= 11 is 13.1. The van der Waals surface area contributed by atoms with Crippen molar-refractivity contribution in [3.63, 3.8) is 0 Å². The average Bonchev–Trinajstić information content (AvgIpc) is 2.86. The molecule has 0 fully saturated rings. The van der Waals surface area contributed by atoms with E-state index in [1.165, 1.54) is 36.0 Å². The number of ketones is 1. The first-order valence-electron chi connectivity index (χ1n) is 10.3. The van der Waals surface area contributed by atoms with Crippen LogP contribution in [-0.2, 0) is 9.47 Å². The summed E-state index contributed by atoms with van der Waals surface area (Å²) in [5.41, 5.74) is -0.884. The molecule has 0 saturated carbocycles. The van der Waals surface area contributed by atoms with E-state index in [-0.39, 0.29) is 36.2 Å². The molecule has 3 aromatic carbocycles. The fourth-order valence-electron chi connectivity index (χ4n) is 3.25. The zero-order chi connectivity index (χ0) is 24.8. The SMILES string of the molecule is O=C(OCC1(COC(=O)Oc2ccc(Cl)cc2)CSc2ccccc2C1=O)Oc1ccc(Cl)cc1. The van der Waals surface area contributed by atoms with E-state index in [9.17, 15) is 14.4 Å². The zero-order valence-electron chi connectivity index (χ0n) is 18.1. The molecule has 0 amide bonds. The number of ether oxygens (including phenoxy) is 4. The van der Waals surface area contributed by atoms with E-state index in [1.54, 1.807) is 36.4 Å². The van der Waals surface area contributed by atoms with Crippen molar-refractivity contribution in [2.45, 2.75) is 4.90 Å². The number of Topliss-reactive ketones (excluding diaryl/α,β-unsaturated/α-hetero) is 1. The predicted molar refractivity (Wildman–Crippen MR) is 131 cm³/mol. The number of carbonyl (C=O) groups is 3. The fraction of sp³-hybridized carbons (Fsp3) is 0.160. The Morgan fingerprint density at radius 3 is 1.77 bits per heavy atom. The smallest absolute Gasteiger partial charge is 0.433 e. The van der Waals surface area contributed by atoms with Gasteiger partial charge in [-0.25, -0.2) is 9.59 Å². The molecule has 1 aliphatic heterocycles. The monoisotopic (exact) mass is 532 g/mol. The summed E-state index contributed by atoms with van der Waals surface area (Å²) in [4.78, 5) is 38.8. The molecule has 10 heteroatoms. The summed E-state index contributed by atoms with van der Waals surface area (Å²) in [6, 6.07) is 19.3. The average molecular weight is 533 g/mol. The van der Waals surface area contributed by atoms with Gasteiger partial charge < -0.3 is 18.9 Å². The number of benzene rings is 3. The fourth-order valence-corrected chi connectivity index (χ4v) is 4.73. The maximum absolute atomic E-state index is 13.4. The van der Waals surface area contributed by atoms with Crippen molar-refractivity contribution in [1.82, 2.24) is 0 Å². The summed E-state index contributed by atoms with van der Waals surface area (Å²) in [5, 5.41) is 0.964. The summed E-state index contributed by atoms with van der Waals surface area (Å²) in [5.74, 6) is 0.355. The second-order valence-electron chi connectivity index (χ2n) is 7.58. The van der Waals surface area contributed by atoms with Gasteiger partial charge in [-0.2, -0.15) is 0 Å². The molecule has 0 radical (unpaired) electrons. The third kappa shape index (κ3) is 6.28. The maximum Gasteiger partial charge on any atom is 0.513 e. The van der Waals surface area contributed by atoms with Crippen molar-refractivity contribution in [1.29, 1.82) is 0 Å². The Morgan fingerprint density at radius 1 is 0.771 bits per heavy atom. The Morgan fingerprint density at radius 2 is 1.26 bits per heavy atom. The number of thioether (sulfide) groups is 1. The Labute approximate surface area is 215 Å². The molecular weight excluding hydrogens is 515 g/mol. The highest BCUT2D eigenvalue weighted by Gasteiger charge is 2.46. The summed E-state index contributed by atoms with van der Waals surface area (Å²) in [7, 11) is 0. The van der Waals surface area contributed by atoms with Gasteiger partial charge in [-0.3, -0.25) is 4.79 Å². The zero-order valence-corrected chi connectivity index (χ0v) is 20.4. The summed E-state index contributed by atoms with van der Waals surface area (Å²) in [6.07, 6.45) is -2.01. The highest BCUT2D eigenvalue weighted by atomic mass is 35.5. The van der Waals surface area contributed by atoms with Gasteiger partial charge in [0.2, 0.25) is 0 Å². The van der Waals surface area contributed by atoms with Gasteiger partial charge in [0.15, 0.2) is 5.78 Å². The van der Waals surface area contributed by atoms with E-state index in [1.807, 2.05) is 12.1 Å². The minimum Gasteiger partial charge on any atom is -0.433 e. The number of carbonyl (C=O) groups excluding carboxylic acids is 3. The van der Waals surface area contributed by atoms with Crippen molar-refractivity contribution in [2.24, 2.45) is 5.41 Å². The van der Waals surface area contributed by atoms with Crippen LogP contribution in [0.4, 0.5) is 9.59 Å². The van der Waals surface area contributed by atoms with Gasteiger partial charge >= 0.3 is 12.3 Å². The minimum absolute atomic E-state index is 0.214. The molecule has 7 nitrogen and oxygen atoms in total. The normalized spacial score (nSPS) is 13.9. The van der Waals surface area contributed by atoms with Gasteiger partial charge in [-0.05, 0) is 54.6 Å². The summed E-state index contributed by atoms with van der Waals surface area (Å²) < 4.78 is 20.9. The molecule has 0 bridgehead atoms. The topological polar surface area (TPSA) is 88.1 Å². The van der Waals surface area contributed by atoms with Crippen LogP contribution in [0.3, 0.4) is 0 Å². The van der Waals surface area contributed by atoms with E-state index in [4.69, 9.17) is 42.1 Å². The predicted octanol–water partition coefficient (Wildman–Crippen LogP) is 6.70. The molecule has 0 spiro atoms. The second-order valence-corrected chi connectivity index (χ2v) is 9.47. The van der Waals surface area contributed by atoms with Crippen LogP contribution in [0.25, 0.3) is 0 Å². The van der Waals surface area contributed by atoms with Crippen molar-refractivity contribution in [2.75, 3.05) is 19.0 Å². The van der Waals surface area contributed by atoms with Crippen molar-refractivity contribution >= 4 is 53.1 Å². The van der Waals surface area contributed by atoms with Gasteiger partial charge in [0.05, 0.1) is 0 Å². The Bertz CT molecular complexity index is 1170. The number of fused-ring (bicyclic) bond motifs is 1. The first-order valence-corrected chi connectivity index (χ1v) is 12.1. The minimum atomic E-state index is -1.34. The lowest BCUT2D eigenvalue weighted by Crippen LogP contribution is -2.46. The molecular formula is C25H18Cl2O7S. The lowest BCUT2D eigenvalue weighted by atomic mass is 9.83. The second kappa shape index (κ2) is 11.0. The van der Waals surface area contributed by atoms with E-state index >= 15 is 0 Å². The van der Waals surface area contributed by atoms with E-state index in [2.05, 4.69) is 0 Å². The molecule has 0 N–H and O–H groups in total. The van der Waals surface area contributed by atoms with Crippen molar-refractivity contribution in [3.05, 3.63) is 88.4 Å². The number of rotatable bonds is 6. The highest BCUT2D eigenvalue weighted by molar-refractivity contribution is 7.99. The molecule has 3 aromatic rings. The van der Waals surface area contributed by atoms with Gasteiger partial charge in [0, 0.05) is 26.3 Å². The lowest BCUT2D eigenvalue weighted by Gasteiger charge is -2.34. The Hall–Kier alpha value is -3.20. The van der Waals surface area contributed by atoms with Gasteiger partial charge in [-0.1, -0.05) is 41.4 Å². The molecule has 0 aliphatic carbocycles. The molecule has 35 heavy (non-hydrogen) atoms. The van der Waals surface area contributed by atoms with Crippen LogP contribution in [0.5, 0.6) is 11.5 Å². The Kier molecular flexibility index (Phi) is 7.85. The van der Waals surface area contributed by atoms with E-state index in [0.717, 1.165) is 4.90 Å². The van der Waals surface area contributed by atoms with Crippen LogP contribution >= 0.6 is 35.0 Å². The standard InChI is InChI=1S/C25H18Cl2O7S/c26-16-5-9-18(10-6-16)33-23(29)31-13-25(15-35-21-4-2-1-3-20(21)22(25)28)14-32-24(30)34-19-11-7-17(27)8-12-19/h1-12H,13-15H2. The number of hydrogen-bond donors (Lipinski definition) is 0. The molecule has 0 atom stereocenters. The molecule has 1 aliphatic rings. The molecule has 0 aromatic heterocycles. The van der Waals surface area contributed by atoms with Crippen LogP contribution in [0.1, 0.15) is 10.4 Å².